The van der Waals surface area contributed by atoms with Gasteiger partial charge in [0.05, 0.1) is 4.32 Å². The summed E-state index contributed by atoms with van der Waals surface area (Å²) in [6.45, 7) is 7.48. The molecule has 5 heteroatoms. The number of halogens is 1. The Hall–Kier alpha value is -1.62. The lowest BCUT2D eigenvalue weighted by Crippen LogP contribution is -2.31. The average Bonchev–Trinajstić information content (AvgIpc) is 2.35. The maximum atomic E-state index is 11.7. The van der Waals surface area contributed by atoms with Crippen LogP contribution in [0.15, 0.2) is 36.9 Å². The van der Waals surface area contributed by atoms with E-state index in [1.165, 1.54) is 0 Å². The number of benzene rings is 1. The van der Waals surface area contributed by atoms with Crippen LogP contribution >= 0.6 is 15.9 Å². The van der Waals surface area contributed by atoms with Crippen molar-refractivity contribution in [1.29, 1.82) is 0 Å². The fourth-order valence-corrected chi connectivity index (χ4v) is 1.35. The van der Waals surface area contributed by atoms with Gasteiger partial charge in [0.2, 0.25) is 5.91 Å². The number of nitrogens with one attached hydrogen (secondary N) is 2. The summed E-state index contributed by atoms with van der Waals surface area (Å²) >= 11 is 3.28. The van der Waals surface area contributed by atoms with Gasteiger partial charge in [0.1, 0.15) is 0 Å². The van der Waals surface area contributed by atoms with E-state index in [2.05, 4.69) is 33.1 Å². The normalized spacial score (nSPS) is 10.7. The Morgan fingerprint density at radius 2 is 1.89 bits per heavy atom. The smallest absolute Gasteiger partial charge is 0.251 e. The summed E-state index contributed by atoms with van der Waals surface area (Å²) in [6, 6.07) is 6.71. The summed E-state index contributed by atoms with van der Waals surface area (Å²) in [5.41, 5.74) is 1.19. The second-order valence-electron chi connectivity index (χ2n) is 4.50. The van der Waals surface area contributed by atoms with Gasteiger partial charge in [-0.2, -0.15) is 0 Å². The zero-order chi connectivity index (χ0) is 14.5. The topological polar surface area (TPSA) is 58.2 Å². The van der Waals surface area contributed by atoms with Crippen molar-refractivity contribution in [2.45, 2.75) is 18.2 Å². The highest BCUT2D eigenvalue weighted by Gasteiger charge is 2.23. The van der Waals surface area contributed by atoms with Gasteiger partial charge in [0.15, 0.2) is 0 Å². The van der Waals surface area contributed by atoms with Gasteiger partial charge in [-0.25, -0.2) is 0 Å². The Morgan fingerprint density at radius 1 is 1.32 bits per heavy atom. The Kier molecular flexibility index (Phi) is 5.30. The summed E-state index contributed by atoms with van der Waals surface area (Å²) < 4.78 is -0.632. The standard InChI is InChI=1S/C14H17BrN2O2/c1-4-9-16-12(18)10-5-7-11(8-6-10)17-13(19)14(2,3)15/h4-8H,1,9H2,2-3H3,(H,16,18)(H,17,19). The molecule has 1 aromatic carbocycles. The molecule has 0 aliphatic carbocycles. The van der Waals surface area contributed by atoms with E-state index in [-0.39, 0.29) is 11.8 Å². The highest BCUT2D eigenvalue weighted by atomic mass is 79.9. The molecule has 0 aliphatic heterocycles. The summed E-state index contributed by atoms with van der Waals surface area (Å²) in [5, 5.41) is 5.44. The van der Waals surface area contributed by atoms with Crippen LogP contribution < -0.4 is 10.6 Å². The molecule has 0 spiro atoms. The molecule has 0 fully saturated rings. The van der Waals surface area contributed by atoms with Gasteiger partial charge in [-0.05, 0) is 38.1 Å². The highest BCUT2D eigenvalue weighted by molar-refractivity contribution is 9.10. The molecular formula is C14H17BrN2O2. The quantitative estimate of drug-likeness (QED) is 0.646. The number of hydrogen-bond acceptors (Lipinski definition) is 2. The number of rotatable bonds is 5. The average molecular weight is 325 g/mol. The molecule has 102 valence electrons. The second kappa shape index (κ2) is 6.52. The van der Waals surface area contributed by atoms with Crippen LogP contribution in [0.4, 0.5) is 5.69 Å². The Balaban J connectivity index is 2.69. The minimum absolute atomic E-state index is 0.142. The molecular weight excluding hydrogens is 308 g/mol. The molecule has 1 aromatic rings. The van der Waals surface area contributed by atoms with Crippen molar-refractivity contribution >= 4 is 33.4 Å². The Bertz CT molecular complexity index is 475. The van der Waals surface area contributed by atoms with Crippen LogP contribution in [0.3, 0.4) is 0 Å². The number of amides is 2. The minimum atomic E-state index is -0.632. The van der Waals surface area contributed by atoms with Crippen molar-refractivity contribution < 1.29 is 9.59 Å². The molecule has 19 heavy (non-hydrogen) atoms. The third-order valence-corrected chi connectivity index (χ3v) is 2.71. The number of anilines is 1. The van der Waals surface area contributed by atoms with Gasteiger partial charge >= 0.3 is 0 Å². The van der Waals surface area contributed by atoms with E-state index in [1.807, 2.05) is 0 Å². The van der Waals surface area contributed by atoms with Crippen molar-refractivity contribution in [1.82, 2.24) is 5.32 Å². The van der Waals surface area contributed by atoms with Crippen LogP contribution in [0.2, 0.25) is 0 Å². The molecule has 0 aliphatic rings. The first-order valence-electron chi connectivity index (χ1n) is 5.84. The molecule has 0 saturated carbocycles. The van der Waals surface area contributed by atoms with Crippen LogP contribution in [-0.2, 0) is 4.79 Å². The van der Waals surface area contributed by atoms with Crippen LogP contribution in [0.5, 0.6) is 0 Å². The zero-order valence-electron chi connectivity index (χ0n) is 11.0. The zero-order valence-corrected chi connectivity index (χ0v) is 12.6. The first-order chi connectivity index (χ1) is 8.84. The van der Waals surface area contributed by atoms with E-state index < -0.39 is 4.32 Å². The van der Waals surface area contributed by atoms with Crippen molar-refractivity contribution in [3.63, 3.8) is 0 Å². The van der Waals surface area contributed by atoms with Crippen molar-refractivity contribution in [2.75, 3.05) is 11.9 Å². The van der Waals surface area contributed by atoms with Crippen LogP contribution in [-0.4, -0.2) is 22.7 Å². The fraction of sp³-hybridized carbons (Fsp3) is 0.286. The predicted molar refractivity (Wildman–Crippen MR) is 80.6 cm³/mol. The van der Waals surface area contributed by atoms with E-state index >= 15 is 0 Å². The van der Waals surface area contributed by atoms with E-state index in [4.69, 9.17) is 0 Å². The monoisotopic (exact) mass is 324 g/mol. The maximum absolute atomic E-state index is 11.7. The van der Waals surface area contributed by atoms with Gasteiger partial charge in [0.25, 0.3) is 5.91 Å². The van der Waals surface area contributed by atoms with Gasteiger partial charge in [-0.3, -0.25) is 9.59 Å². The molecule has 0 radical (unpaired) electrons. The van der Waals surface area contributed by atoms with E-state index in [0.29, 0.717) is 17.8 Å². The first kappa shape index (κ1) is 15.4. The molecule has 0 aromatic heterocycles. The molecule has 0 bridgehead atoms. The highest BCUT2D eigenvalue weighted by Crippen LogP contribution is 2.19. The molecule has 0 saturated heterocycles. The molecule has 0 atom stereocenters. The minimum Gasteiger partial charge on any atom is -0.349 e. The summed E-state index contributed by atoms with van der Waals surface area (Å²) in [7, 11) is 0. The fourth-order valence-electron chi connectivity index (χ4n) is 1.25. The predicted octanol–water partition coefficient (Wildman–Crippen LogP) is 2.71. The molecule has 4 nitrogen and oxygen atoms in total. The molecule has 0 unspecified atom stereocenters. The van der Waals surface area contributed by atoms with Crippen molar-refractivity contribution in [3.05, 3.63) is 42.5 Å². The second-order valence-corrected chi connectivity index (χ2v) is 6.49. The Morgan fingerprint density at radius 3 is 2.37 bits per heavy atom. The molecule has 1 rings (SSSR count). The molecule has 0 heterocycles. The lowest BCUT2D eigenvalue weighted by atomic mass is 10.1. The van der Waals surface area contributed by atoms with E-state index in [9.17, 15) is 9.59 Å². The number of alkyl halides is 1. The lowest BCUT2D eigenvalue weighted by Gasteiger charge is -2.15. The third kappa shape index (κ3) is 4.87. The summed E-state index contributed by atoms with van der Waals surface area (Å²) in [6.07, 6.45) is 1.62. The number of carbonyl (C=O) groups excluding carboxylic acids is 2. The van der Waals surface area contributed by atoms with Crippen LogP contribution in [0, 0.1) is 0 Å². The van der Waals surface area contributed by atoms with E-state index in [0.717, 1.165) is 0 Å². The Labute approximate surface area is 121 Å². The van der Waals surface area contributed by atoms with Gasteiger partial charge in [-0.15, -0.1) is 6.58 Å². The van der Waals surface area contributed by atoms with Gasteiger partial charge in [-0.1, -0.05) is 22.0 Å². The molecule has 2 N–H and O–H groups in total. The number of hydrogen-bond donors (Lipinski definition) is 2. The first-order valence-corrected chi connectivity index (χ1v) is 6.63. The van der Waals surface area contributed by atoms with Gasteiger partial charge < -0.3 is 10.6 Å². The van der Waals surface area contributed by atoms with Crippen molar-refractivity contribution in [3.8, 4) is 0 Å². The molecule has 2 amide bonds. The SMILES string of the molecule is C=CCNC(=O)c1ccc(NC(=O)C(C)(C)Br)cc1. The third-order valence-electron chi connectivity index (χ3n) is 2.35. The maximum Gasteiger partial charge on any atom is 0.251 e. The van der Waals surface area contributed by atoms with Crippen molar-refractivity contribution in [2.24, 2.45) is 0 Å². The van der Waals surface area contributed by atoms with Crippen LogP contribution in [0.1, 0.15) is 24.2 Å². The largest absolute Gasteiger partial charge is 0.349 e. The van der Waals surface area contributed by atoms with Gasteiger partial charge in [0, 0.05) is 17.8 Å². The lowest BCUT2D eigenvalue weighted by molar-refractivity contribution is -0.117. The number of carbonyl (C=O) groups is 2. The summed E-state index contributed by atoms with van der Waals surface area (Å²) in [4.78, 5) is 23.4. The van der Waals surface area contributed by atoms with Crippen LogP contribution in [0.25, 0.3) is 0 Å². The summed E-state index contributed by atoms with van der Waals surface area (Å²) in [5.74, 6) is -0.310. The van der Waals surface area contributed by atoms with E-state index in [1.54, 1.807) is 44.2 Å².